The molecule has 0 bridgehead atoms. The van der Waals surface area contributed by atoms with Crippen molar-refractivity contribution in [1.29, 1.82) is 0 Å². The third-order valence-electron chi connectivity index (χ3n) is 6.81. The average Bonchev–Trinajstić information content (AvgIpc) is 3.48. The maximum Gasteiger partial charge on any atom is 0.218 e. The van der Waals surface area contributed by atoms with E-state index in [1.165, 1.54) is 5.56 Å². The van der Waals surface area contributed by atoms with Gasteiger partial charge in [-0.25, -0.2) is 12.7 Å². The molecule has 1 fully saturated rings. The second-order valence-electron chi connectivity index (χ2n) is 10.7. The van der Waals surface area contributed by atoms with Crippen LogP contribution in [0.2, 0.25) is 0 Å². The first-order valence-electron chi connectivity index (χ1n) is 13.0. The molecule has 0 unspecified atom stereocenters. The molecule has 2 heterocycles. The lowest BCUT2D eigenvalue weighted by Crippen LogP contribution is -2.29. The minimum atomic E-state index is -3.19. The van der Waals surface area contributed by atoms with E-state index in [1.807, 2.05) is 42.6 Å². The smallest absolute Gasteiger partial charge is 0.218 e. The SMILES string of the molecule is CC(C)c1cccc(C(C)C)c1O.CN(C)CCc1c[nH]c2ccc(CS(=O)(=O)N3CCCC3)cc12. The lowest BCUT2D eigenvalue weighted by Gasteiger charge is -2.15. The number of hydrogen-bond acceptors (Lipinski definition) is 4. The molecular formula is C29H43N3O3S. The highest BCUT2D eigenvalue weighted by Crippen LogP contribution is 2.32. The Labute approximate surface area is 217 Å². The van der Waals surface area contributed by atoms with Crippen LogP contribution in [0.4, 0.5) is 0 Å². The number of aromatic nitrogens is 1. The summed E-state index contributed by atoms with van der Waals surface area (Å²) in [6, 6.07) is 11.9. The number of phenolic OH excluding ortho intramolecular Hbond substituents is 1. The van der Waals surface area contributed by atoms with Gasteiger partial charge < -0.3 is 15.0 Å². The van der Waals surface area contributed by atoms with Gasteiger partial charge in [-0.1, -0.05) is 52.0 Å². The fraction of sp³-hybridized carbons (Fsp3) is 0.517. The Morgan fingerprint density at radius 1 is 1.00 bits per heavy atom. The molecule has 1 saturated heterocycles. The van der Waals surface area contributed by atoms with E-state index in [-0.39, 0.29) is 5.75 Å². The molecule has 2 N–H and O–H groups in total. The predicted molar refractivity (Wildman–Crippen MR) is 150 cm³/mol. The highest BCUT2D eigenvalue weighted by atomic mass is 32.2. The van der Waals surface area contributed by atoms with Crippen LogP contribution in [0.3, 0.4) is 0 Å². The van der Waals surface area contributed by atoms with Crippen LogP contribution in [-0.4, -0.2) is 61.4 Å². The Kier molecular flexibility index (Phi) is 9.61. The van der Waals surface area contributed by atoms with Gasteiger partial charge in [0.2, 0.25) is 10.0 Å². The molecule has 36 heavy (non-hydrogen) atoms. The van der Waals surface area contributed by atoms with Gasteiger partial charge in [0, 0.05) is 36.7 Å². The Morgan fingerprint density at radius 3 is 2.17 bits per heavy atom. The number of nitrogens with one attached hydrogen (secondary N) is 1. The van der Waals surface area contributed by atoms with Gasteiger partial charge in [0.15, 0.2) is 0 Å². The van der Waals surface area contributed by atoms with E-state index >= 15 is 0 Å². The van der Waals surface area contributed by atoms with Crippen LogP contribution in [0.25, 0.3) is 10.9 Å². The van der Waals surface area contributed by atoms with Crippen LogP contribution in [0.5, 0.6) is 5.75 Å². The summed E-state index contributed by atoms with van der Waals surface area (Å²) < 4.78 is 26.6. The summed E-state index contributed by atoms with van der Waals surface area (Å²) in [4.78, 5) is 5.43. The van der Waals surface area contributed by atoms with Crippen molar-refractivity contribution in [2.45, 2.75) is 64.5 Å². The number of H-pyrrole nitrogens is 1. The van der Waals surface area contributed by atoms with E-state index in [2.05, 4.69) is 51.7 Å². The highest BCUT2D eigenvalue weighted by Gasteiger charge is 2.25. The second-order valence-corrected chi connectivity index (χ2v) is 12.7. The molecule has 0 aliphatic carbocycles. The number of rotatable bonds is 8. The van der Waals surface area contributed by atoms with Crippen molar-refractivity contribution in [3.05, 3.63) is 64.8 Å². The molecule has 0 amide bonds. The lowest BCUT2D eigenvalue weighted by molar-refractivity contribution is 0.414. The molecular weight excluding hydrogens is 470 g/mol. The van der Waals surface area contributed by atoms with Gasteiger partial charge in [0.25, 0.3) is 0 Å². The predicted octanol–water partition coefficient (Wildman–Crippen LogP) is 5.84. The third kappa shape index (κ3) is 7.11. The van der Waals surface area contributed by atoms with Crippen LogP contribution in [0.1, 0.15) is 74.6 Å². The van der Waals surface area contributed by atoms with Crippen molar-refractivity contribution >= 4 is 20.9 Å². The van der Waals surface area contributed by atoms with Crippen molar-refractivity contribution in [2.75, 3.05) is 33.7 Å². The number of nitrogens with zero attached hydrogens (tertiary/aromatic N) is 2. The molecule has 1 aromatic heterocycles. The van der Waals surface area contributed by atoms with Crippen LogP contribution in [-0.2, 0) is 22.2 Å². The van der Waals surface area contributed by atoms with Crippen LogP contribution < -0.4 is 0 Å². The molecule has 0 atom stereocenters. The van der Waals surface area contributed by atoms with Crippen molar-refractivity contribution in [3.8, 4) is 5.75 Å². The Hall–Kier alpha value is -2.35. The van der Waals surface area contributed by atoms with Gasteiger partial charge in [0.05, 0.1) is 5.75 Å². The van der Waals surface area contributed by atoms with E-state index in [9.17, 15) is 13.5 Å². The summed E-state index contributed by atoms with van der Waals surface area (Å²) in [5.41, 5.74) is 5.28. The molecule has 1 aliphatic heterocycles. The molecule has 0 spiro atoms. The van der Waals surface area contributed by atoms with Crippen LogP contribution >= 0.6 is 0 Å². The van der Waals surface area contributed by atoms with E-state index in [4.69, 9.17) is 0 Å². The summed E-state index contributed by atoms with van der Waals surface area (Å²) in [5, 5.41) is 11.1. The zero-order valence-electron chi connectivity index (χ0n) is 22.7. The fourth-order valence-corrected chi connectivity index (χ4v) is 6.24. The largest absolute Gasteiger partial charge is 0.507 e. The first-order chi connectivity index (χ1) is 17.0. The van der Waals surface area contributed by atoms with Gasteiger partial charge in [-0.05, 0) is 79.6 Å². The second kappa shape index (κ2) is 12.3. The third-order valence-corrected chi connectivity index (χ3v) is 8.66. The first kappa shape index (κ1) is 28.2. The molecule has 2 aromatic carbocycles. The number of hydrogen-bond donors (Lipinski definition) is 2. The molecule has 6 nitrogen and oxygen atoms in total. The zero-order chi connectivity index (χ0) is 26.5. The number of aromatic amines is 1. The number of sulfonamides is 1. The summed E-state index contributed by atoms with van der Waals surface area (Å²) in [6.45, 7) is 10.7. The number of para-hydroxylation sites is 1. The Balaban J connectivity index is 0.000000236. The normalized spacial score (nSPS) is 14.7. The topological polar surface area (TPSA) is 76.6 Å². The Morgan fingerprint density at radius 2 is 1.61 bits per heavy atom. The quantitative estimate of drug-likeness (QED) is 0.397. The van der Waals surface area contributed by atoms with Gasteiger partial charge in [-0.15, -0.1) is 0 Å². The zero-order valence-corrected chi connectivity index (χ0v) is 23.5. The monoisotopic (exact) mass is 513 g/mol. The summed E-state index contributed by atoms with van der Waals surface area (Å²) in [6.07, 6.45) is 4.94. The van der Waals surface area contributed by atoms with Gasteiger partial charge >= 0.3 is 0 Å². The van der Waals surface area contributed by atoms with Gasteiger partial charge in [-0.3, -0.25) is 0 Å². The van der Waals surface area contributed by atoms with E-state index in [0.29, 0.717) is 30.7 Å². The van der Waals surface area contributed by atoms with Crippen LogP contribution in [0, 0.1) is 0 Å². The summed E-state index contributed by atoms with van der Waals surface area (Å²) in [7, 11) is 0.928. The minimum Gasteiger partial charge on any atom is -0.507 e. The molecule has 7 heteroatoms. The molecule has 1 aliphatic rings. The molecule has 198 valence electrons. The lowest BCUT2D eigenvalue weighted by atomic mass is 9.94. The molecule has 3 aromatic rings. The Bertz CT molecular complexity index is 1210. The number of likely N-dealkylation sites (N-methyl/N-ethyl adjacent to an activating group) is 1. The van der Waals surface area contributed by atoms with Crippen LogP contribution in [0.15, 0.2) is 42.6 Å². The number of fused-ring (bicyclic) bond motifs is 1. The van der Waals surface area contributed by atoms with E-state index in [0.717, 1.165) is 53.4 Å². The van der Waals surface area contributed by atoms with Crippen molar-refractivity contribution < 1.29 is 13.5 Å². The first-order valence-corrected chi connectivity index (χ1v) is 14.6. The highest BCUT2D eigenvalue weighted by molar-refractivity contribution is 7.88. The maximum atomic E-state index is 12.5. The molecule has 0 radical (unpaired) electrons. The number of phenols is 1. The van der Waals surface area contributed by atoms with E-state index in [1.54, 1.807) is 4.31 Å². The van der Waals surface area contributed by atoms with Gasteiger partial charge in [0.1, 0.15) is 5.75 Å². The van der Waals surface area contributed by atoms with Gasteiger partial charge in [-0.2, -0.15) is 0 Å². The standard InChI is InChI=1S/C17H25N3O2S.C12H18O/c1-19(2)10-7-15-12-18-17-6-5-14(11-16(15)17)13-23(21,22)20-8-3-4-9-20;1-8(2)10-6-5-7-11(9(3)4)12(10)13/h5-6,11-12,18H,3-4,7-10,13H2,1-2H3;5-9,13H,1-4H3. The average molecular weight is 514 g/mol. The minimum absolute atomic E-state index is 0.0985. The summed E-state index contributed by atoms with van der Waals surface area (Å²) >= 11 is 0. The number of aromatic hydroxyl groups is 1. The number of benzene rings is 2. The van der Waals surface area contributed by atoms with Crippen molar-refractivity contribution in [2.24, 2.45) is 0 Å². The molecule has 0 saturated carbocycles. The maximum absolute atomic E-state index is 12.5. The van der Waals surface area contributed by atoms with Crippen molar-refractivity contribution in [3.63, 3.8) is 0 Å². The van der Waals surface area contributed by atoms with E-state index < -0.39 is 10.0 Å². The fourth-order valence-electron chi connectivity index (χ4n) is 4.65. The van der Waals surface area contributed by atoms with Crippen molar-refractivity contribution in [1.82, 2.24) is 14.2 Å². The summed E-state index contributed by atoms with van der Waals surface area (Å²) in [5.74, 6) is 1.35. The molecule has 4 rings (SSSR count).